The SMILES string of the molecule is COc1cc(OC)c(I)c(-c2c(C(C)C)cc(C(C)C)cc2C(C)C)c1. The Morgan fingerprint density at radius 2 is 1.27 bits per heavy atom. The zero-order valence-corrected chi connectivity index (χ0v) is 19.4. The van der Waals surface area contributed by atoms with Crippen molar-refractivity contribution in [2.45, 2.75) is 59.3 Å². The topological polar surface area (TPSA) is 18.5 Å². The summed E-state index contributed by atoms with van der Waals surface area (Å²) < 4.78 is 12.3. The summed E-state index contributed by atoms with van der Waals surface area (Å²) in [7, 11) is 3.43. The maximum atomic E-state index is 5.62. The molecule has 2 rings (SSSR count). The van der Waals surface area contributed by atoms with Gasteiger partial charge >= 0.3 is 0 Å². The monoisotopic (exact) mass is 466 g/mol. The molecule has 142 valence electrons. The molecule has 0 unspecified atom stereocenters. The minimum Gasteiger partial charge on any atom is -0.497 e. The minimum absolute atomic E-state index is 0.439. The second-order valence-electron chi connectivity index (χ2n) is 7.73. The zero-order chi connectivity index (χ0) is 19.6. The first kappa shape index (κ1) is 21.1. The van der Waals surface area contributed by atoms with E-state index in [1.807, 2.05) is 6.07 Å². The Hall–Kier alpha value is -1.23. The number of hydrogen-bond acceptors (Lipinski definition) is 2. The average Bonchev–Trinajstić information content (AvgIpc) is 2.60. The molecule has 0 N–H and O–H groups in total. The molecule has 2 nitrogen and oxygen atoms in total. The van der Waals surface area contributed by atoms with Gasteiger partial charge in [0.15, 0.2) is 0 Å². The Labute approximate surface area is 172 Å². The van der Waals surface area contributed by atoms with Crippen molar-refractivity contribution in [3.8, 4) is 22.6 Å². The van der Waals surface area contributed by atoms with Crippen LogP contribution >= 0.6 is 22.6 Å². The summed E-state index contributed by atoms with van der Waals surface area (Å²) in [6, 6.07) is 8.88. The highest BCUT2D eigenvalue weighted by Gasteiger charge is 2.22. The highest BCUT2D eigenvalue weighted by atomic mass is 127. The lowest BCUT2D eigenvalue weighted by molar-refractivity contribution is 0.393. The number of rotatable bonds is 6. The van der Waals surface area contributed by atoms with E-state index in [1.54, 1.807) is 14.2 Å². The first-order valence-electron chi connectivity index (χ1n) is 9.30. The van der Waals surface area contributed by atoms with Gasteiger partial charge in [0, 0.05) is 11.6 Å². The van der Waals surface area contributed by atoms with Gasteiger partial charge in [-0.15, -0.1) is 0 Å². The van der Waals surface area contributed by atoms with Gasteiger partial charge in [-0.1, -0.05) is 53.7 Å². The first-order chi connectivity index (χ1) is 12.2. The Balaban J connectivity index is 2.92. The molecule has 0 aliphatic rings. The molecule has 0 heterocycles. The predicted octanol–water partition coefficient (Wildman–Crippen LogP) is 7.35. The first-order valence-corrected chi connectivity index (χ1v) is 10.4. The van der Waals surface area contributed by atoms with E-state index in [4.69, 9.17) is 9.47 Å². The van der Waals surface area contributed by atoms with Crippen molar-refractivity contribution in [1.29, 1.82) is 0 Å². The van der Waals surface area contributed by atoms with Gasteiger partial charge in [-0.3, -0.25) is 0 Å². The second-order valence-corrected chi connectivity index (χ2v) is 8.81. The molecule has 0 atom stereocenters. The second kappa shape index (κ2) is 8.64. The molecular weight excluding hydrogens is 435 g/mol. The van der Waals surface area contributed by atoms with Crippen LogP contribution in [0.5, 0.6) is 11.5 Å². The standard InChI is InChI=1S/C23H31IO2/c1-13(2)16-9-18(14(3)4)22(19(10-16)15(5)6)20-11-17(25-7)12-21(26-8)23(20)24/h9-15H,1-8H3. The molecular formula is C23H31IO2. The summed E-state index contributed by atoms with van der Waals surface area (Å²) in [5.74, 6) is 3.08. The number of benzene rings is 2. The zero-order valence-electron chi connectivity index (χ0n) is 17.2. The van der Waals surface area contributed by atoms with Gasteiger partial charge in [0.2, 0.25) is 0 Å². The molecule has 0 bridgehead atoms. The molecule has 0 aliphatic heterocycles. The number of halogens is 1. The van der Waals surface area contributed by atoms with Gasteiger partial charge in [0.1, 0.15) is 11.5 Å². The largest absolute Gasteiger partial charge is 0.497 e. The van der Waals surface area contributed by atoms with Crippen LogP contribution in [0, 0.1) is 3.57 Å². The minimum atomic E-state index is 0.439. The fraction of sp³-hybridized carbons (Fsp3) is 0.478. The molecule has 2 aromatic carbocycles. The molecule has 0 saturated carbocycles. The quantitative estimate of drug-likeness (QED) is 0.415. The fourth-order valence-corrected chi connectivity index (χ4v) is 4.09. The van der Waals surface area contributed by atoms with E-state index >= 15 is 0 Å². The Morgan fingerprint density at radius 3 is 1.65 bits per heavy atom. The third-order valence-corrected chi connectivity index (χ3v) is 5.98. The van der Waals surface area contributed by atoms with Crippen LogP contribution in [0.15, 0.2) is 24.3 Å². The Bertz CT molecular complexity index is 747. The summed E-state index contributed by atoms with van der Waals surface area (Å²) in [4.78, 5) is 0. The molecule has 0 spiro atoms. The van der Waals surface area contributed by atoms with E-state index < -0.39 is 0 Å². The van der Waals surface area contributed by atoms with E-state index in [1.165, 1.54) is 27.8 Å². The van der Waals surface area contributed by atoms with Gasteiger partial charge in [-0.2, -0.15) is 0 Å². The number of hydrogen-bond donors (Lipinski definition) is 0. The summed E-state index contributed by atoms with van der Waals surface area (Å²) >= 11 is 2.40. The Kier molecular flexibility index (Phi) is 7.00. The molecule has 0 saturated heterocycles. The van der Waals surface area contributed by atoms with Gasteiger partial charge in [0.25, 0.3) is 0 Å². The lowest BCUT2D eigenvalue weighted by atomic mass is 9.81. The lowest BCUT2D eigenvalue weighted by Gasteiger charge is -2.24. The highest BCUT2D eigenvalue weighted by Crippen LogP contribution is 2.44. The van der Waals surface area contributed by atoms with E-state index in [0.717, 1.165) is 15.1 Å². The van der Waals surface area contributed by atoms with E-state index in [2.05, 4.69) is 82.3 Å². The summed E-state index contributed by atoms with van der Waals surface area (Å²) in [5, 5.41) is 0. The van der Waals surface area contributed by atoms with Crippen LogP contribution in [0.1, 0.15) is 76.0 Å². The van der Waals surface area contributed by atoms with E-state index in [0.29, 0.717) is 17.8 Å². The normalized spacial score (nSPS) is 11.5. The molecule has 0 radical (unpaired) electrons. The van der Waals surface area contributed by atoms with Crippen molar-refractivity contribution in [2.75, 3.05) is 14.2 Å². The molecule has 0 amide bonds. The van der Waals surface area contributed by atoms with Crippen LogP contribution in [0.3, 0.4) is 0 Å². The van der Waals surface area contributed by atoms with Crippen molar-refractivity contribution in [3.63, 3.8) is 0 Å². The lowest BCUT2D eigenvalue weighted by Crippen LogP contribution is -2.05. The Morgan fingerprint density at radius 1 is 0.731 bits per heavy atom. The molecule has 0 aromatic heterocycles. The molecule has 26 heavy (non-hydrogen) atoms. The highest BCUT2D eigenvalue weighted by molar-refractivity contribution is 14.1. The fourth-order valence-electron chi connectivity index (χ4n) is 3.29. The van der Waals surface area contributed by atoms with Crippen molar-refractivity contribution in [1.82, 2.24) is 0 Å². The smallest absolute Gasteiger partial charge is 0.136 e. The van der Waals surface area contributed by atoms with Crippen molar-refractivity contribution < 1.29 is 9.47 Å². The number of methoxy groups -OCH3 is 2. The van der Waals surface area contributed by atoms with Crippen molar-refractivity contribution >= 4 is 22.6 Å². The average molecular weight is 466 g/mol. The van der Waals surface area contributed by atoms with Crippen LogP contribution < -0.4 is 9.47 Å². The predicted molar refractivity (Wildman–Crippen MR) is 120 cm³/mol. The van der Waals surface area contributed by atoms with Crippen LogP contribution in [-0.2, 0) is 0 Å². The van der Waals surface area contributed by atoms with Gasteiger partial charge in [0.05, 0.1) is 17.8 Å². The summed E-state index contributed by atoms with van der Waals surface area (Å²) in [6.45, 7) is 13.6. The number of ether oxygens (including phenoxy) is 2. The van der Waals surface area contributed by atoms with Crippen LogP contribution in [0.25, 0.3) is 11.1 Å². The maximum absolute atomic E-state index is 5.62. The van der Waals surface area contributed by atoms with E-state index in [9.17, 15) is 0 Å². The molecule has 2 aromatic rings. The van der Waals surface area contributed by atoms with E-state index in [-0.39, 0.29) is 0 Å². The van der Waals surface area contributed by atoms with Crippen LogP contribution in [0.4, 0.5) is 0 Å². The molecule has 3 heteroatoms. The van der Waals surface area contributed by atoms with Crippen LogP contribution in [0.2, 0.25) is 0 Å². The third kappa shape index (κ3) is 4.19. The van der Waals surface area contributed by atoms with Gasteiger partial charge < -0.3 is 9.47 Å². The molecule has 0 aliphatic carbocycles. The van der Waals surface area contributed by atoms with Crippen LogP contribution in [-0.4, -0.2) is 14.2 Å². The maximum Gasteiger partial charge on any atom is 0.136 e. The summed E-state index contributed by atoms with van der Waals surface area (Å²) in [5.41, 5.74) is 6.73. The van der Waals surface area contributed by atoms with Crippen molar-refractivity contribution in [3.05, 3.63) is 44.5 Å². The summed E-state index contributed by atoms with van der Waals surface area (Å²) in [6.07, 6.45) is 0. The van der Waals surface area contributed by atoms with Gasteiger partial charge in [-0.25, -0.2) is 0 Å². The van der Waals surface area contributed by atoms with Gasteiger partial charge in [-0.05, 0) is 68.7 Å². The van der Waals surface area contributed by atoms with Crippen molar-refractivity contribution in [2.24, 2.45) is 0 Å². The third-order valence-electron chi connectivity index (χ3n) is 4.87. The molecule has 0 fully saturated rings.